The molecule has 0 radical (unpaired) electrons. The van der Waals surface area contributed by atoms with Crippen molar-refractivity contribution in [3.63, 3.8) is 0 Å². The summed E-state index contributed by atoms with van der Waals surface area (Å²) >= 11 is 0. The summed E-state index contributed by atoms with van der Waals surface area (Å²) in [7, 11) is 0. The lowest BCUT2D eigenvalue weighted by atomic mass is 9.94. The van der Waals surface area contributed by atoms with E-state index in [-0.39, 0.29) is 11.8 Å². The molecule has 0 heterocycles. The second kappa shape index (κ2) is 14.2. The maximum absolute atomic E-state index is 14.2. The van der Waals surface area contributed by atoms with E-state index in [4.69, 9.17) is 4.74 Å². The van der Waals surface area contributed by atoms with Crippen LogP contribution in [-0.2, 0) is 14.3 Å². The molecule has 0 saturated carbocycles. The average molecular weight is 560 g/mol. The van der Waals surface area contributed by atoms with Crippen LogP contribution >= 0.6 is 0 Å². The van der Waals surface area contributed by atoms with Crippen LogP contribution in [0.15, 0.2) is 60.7 Å². The lowest BCUT2D eigenvalue weighted by Gasteiger charge is -2.34. The molecule has 0 spiro atoms. The number of benzene rings is 3. The molecular formula is C34H45N3O4. The van der Waals surface area contributed by atoms with Crippen LogP contribution in [0, 0.1) is 13.8 Å². The van der Waals surface area contributed by atoms with Gasteiger partial charge in [0.25, 0.3) is 5.91 Å². The molecule has 220 valence electrons. The maximum atomic E-state index is 14.2. The average Bonchev–Trinajstić information content (AvgIpc) is 2.90. The Morgan fingerprint density at radius 1 is 0.902 bits per heavy atom. The number of ether oxygens (including phenoxy) is 1. The fourth-order valence-electron chi connectivity index (χ4n) is 4.87. The van der Waals surface area contributed by atoms with Crippen LogP contribution in [0.5, 0.6) is 0 Å². The number of carbonyl (C=O) groups is 3. The first-order chi connectivity index (χ1) is 19.4. The monoisotopic (exact) mass is 559 g/mol. The lowest BCUT2D eigenvalue weighted by Crippen LogP contribution is -2.51. The molecule has 3 aromatic carbocycles. The van der Waals surface area contributed by atoms with Crippen LogP contribution in [0.4, 0.5) is 10.5 Å². The largest absolute Gasteiger partial charge is 0.444 e. The minimum Gasteiger partial charge on any atom is -0.444 e. The highest BCUT2D eigenvalue weighted by Crippen LogP contribution is 2.30. The van der Waals surface area contributed by atoms with E-state index in [2.05, 4.69) is 17.6 Å². The van der Waals surface area contributed by atoms with Crippen molar-refractivity contribution < 1.29 is 19.1 Å². The van der Waals surface area contributed by atoms with Crippen molar-refractivity contribution in [3.05, 3.63) is 77.4 Å². The zero-order valence-electron chi connectivity index (χ0n) is 25.5. The molecule has 2 N–H and O–H groups in total. The number of hydrogen-bond donors (Lipinski definition) is 2. The van der Waals surface area contributed by atoms with Gasteiger partial charge in [-0.05, 0) is 87.6 Å². The third-order valence-electron chi connectivity index (χ3n) is 7.16. The summed E-state index contributed by atoms with van der Waals surface area (Å²) in [5.74, 6) is -0.644. The van der Waals surface area contributed by atoms with E-state index >= 15 is 0 Å². The van der Waals surface area contributed by atoms with Gasteiger partial charge < -0.3 is 20.3 Å². The summed E-state index contributed by atoms with van der Waals surface area (Å²) in [4.78, 5) is 42.3. The molecule has 2 unspecified atom stereocenters. The highest BCUT2D eigenvalue weighted by Gasteiger charge is 2.35. The van der Waals surface area contributed by atoms with Crippen LogP contribution in [0.3, 0.4) is 0 Å². The van der Waals surface area contributed by atoms with Crippen molar-refractivity contribution in [1.29, 1.82) is 0 Å². The van der Waals surface area contributed by atoms with Crippen LogP contribution in [0.1, 0.15) is 83.0 Å². The lowest BCUT2D eigenvalue weighted by molar-refractivity contribution is -0.140. The number of aryl methyl sites for hydroxylation is 1. The first-order valence-corrected chi connectivity index (χ1v) is 14.6. The Kier molecular flexibility index (Phi) is 10.9. The van der Waals surface area contributed by atoms with Gasteiger partial charge in [-0.25, -0.2) is 4.79 Å². The van der Waals surface area contributed by atoms with E-state index in [9.17, 15) is 14.4 Å². The molecule has 41 heavy (non-hydrogen) atoms. The molecule has 0 fully saturated rings. The van der Waals surface area contributed by atoms with Gasteiger partial charge in [-0.1, -0.05) is 74.7 Å². The van der Waals surface area contributed by atoms with Crippen LogP contribution in [0.2, 0.25) is 0 Å². The minimum atomic E-state index is -0.892. The van der Waals surface area contributed by atoms with Crippen molar-refractivity contribution in [3.8, 4) is 0 Å². The van der Waals surface area contributed by atoms with Crippen molar-refractivity contribution in [1.82, 2.24) is 10.2 Å². The Balaban J connectivity index is 2.00. The number of anilines is 1. The Labute approximate surface area is 244 Å². The van der Waals surface area contributed by atoms with Gasteiger partial charge >= 0.3 is 6.09 Å². The molecular weight excluding hydrogens is 514 g/mol. The smallest absolute Gasteiger partial charge is 0.408 e. The number of unbranched alkanes of at least 4 members (excludes halogenated alkanes) is 3. The van der Waals surface area contributed by atoms with Gasteiger partial charge in [-0.15, -0.1) is 0 Å². The summed E-state index contributed by atoms with van der Waals surface area (Å²) in [6, 6.07) is 17.8. The van der Waals surface area contributed by atoms with Gasteiger partial charge in [0.05, 0.1) is 0 Å². The Bertz CT molecular complexity index is 1360. The summed E-state index contributed by atoms with van der Waals surface area (Å²) in [6.45, 7) is 13.4. The molecule has 0 aliphatic carbocycles. The fraction of sp³-hybridized carbons (Fsp3) is 0.441. The quantitative estimate of drug-likeness (QED) is 0.239. The molecule has 0 aliphatic rings. The van der Waals surface area contributed by atoms with Crippen molar-refractivity contribution in [2.75, 3.05) is 11.9 Å². The van der Waals surface area contributed by atoms with Gasteiger partial charge in [0.2, 0.25) is 5.91 Å². The topological polar surface area (TPSA) is 87.7 Å². The van der Waals surface area contributed by atoms with Crippen LogP contribution in [0.25, 0.3) is 10.8 Å². The van der Waals surface area contributed by atoms with Gasteiger partial charge in [0.1, 0.15) is 17.7 Å². The number of carbonyl (C=O) groups excluding carboxylic acids is 3. The number of hydrogen-bond acceptors (Lipinski definition) is 4. The predicted octanol–water partition coefficient (Wildman–Crippen LogP) is 7.46. The van der Waals surface area contributed by atoms with E-state index in [0.29, 0.717) is 12.2 Å². The Hall–Kier alpha value is -3.87. The molecule has 0 saturated heterocycles. The minimum absolute atomic E-state index is 0.303. The molecule has 0 aromatic heterocycles. The summed E-state index contributed by atoms with van der Waals surface area (Å²) in [5.41, 5.74) is 2.70. The van der Waals surface area contributed by atoms with Crippen LogP contribution in [-0.4, -0.2) is 41.0 Å². The SMILES string of the molecule is CCCCCCN(C(=O)C(C)NC(=O)OC(C)(C)C)C(C(=O)Nc1ccc2ccccc2c1)c1cccc(C)c1C. The highest BCUT2D eigenvalue weighted by atomic mass is 16.6. The predicted molar refractivity (Wildman–Crippen MR) is 166 cm³/mol. The van der Waals surface area contributed by atoms with Gasteiger partial charge in [0, 0.05) is 12.2 Å². The van der Waals surface area contributed by atoms with Gasteiger partial charge in [-0.2, -0.15) is 0 Å². The first-order valence-electron chi connectivity index (χ1n) is 14.6. The van der Waals surface area contributed by atoms with E-state index in [1.54, 1.807) is 32.6 Å². The van der Waals surface area contributed by atoms with Crippen molar-refractivity contribution >= 4 is 34.4 Å². The number of rotatable bonds is 11. The third kappa shape index (κ3) is 8.81. The second-order valence-corrected chi connectivity index (χ2v) is 11.7. The molecule has 0 aliphatic heterocycles. The standard InChI is InChI=1S/C34H45N3O4/c1-8-9-10-13-21-37(32(39)25(4)35-33(40)41-34(5,6)7)30(29-18-14-15-23(2)24(29)3)31(38)36-28-20-19-26-16-11-12-17-27(26)22-28/h11-12,14-20,22,25,30H,8-10,13,21H2,1-7H3,(H,35,40)(H,36,38). The molecule has 7 heteroatoms. The Morgan fingerprint density at radius 2 is 1.61 bits per heavy atom. The third-order valence-corrected chi connectivity index (χ3v) is 7.16. The zero-order valence-corrected chi connectivity index (χ0v) is 25.5. The summed E-state index contributed by atoms with van der Waals surface area (Å²) in [6.07, 6.45) is 3.08. The Morgan fingerprint density at radius 3 is 2.29 bits per heavy atom. The number of alkyl carbamates (subject to hydrolysis) is 1. The molecule has 2 atom stereocenters. The molecule has 3 rings (SSSR count). The van der Waals surface area contributed by atoms with E-state index < -0.39 is 23.8 Å². The fourth-order valence-corrected chi connectivity index (χ4v) is 4.87. The number of nitrogens with zero attached hydrogens (tertiary/aromatic N) is 1. The van der Waals surface area contributed by atoms with E-state index in [0.717, 1.165) is 53.1 Å². The van der Waals surface area contributed by atoms with Gasteiger partial charge in [-0.3, -0.25) is 9.59 Å². The number of amides is 3. The first kappa shape index (κ1) is 31.7. The number of nitrogens with one attached hydrogen (secondary N) is 2. The van der Waals surface area contributed by atoms with E-state index in [1.807, 2.05) is 74.5 Å². The molecule has 7 nitrogen and oxygen atoms in total. The van der Waals surface area contributed by atoms with Crippen LogP contribution < -0.4 is 10.6 Å². The zero-order chi connectivity index (χ0) is 30.2. The second-order valence-electron chi connectivity index (χ2n) is 11.7. The summed E-state index contributed by atoms with van der Waals surface area (Å²) in [5, 5.41) is 7.84. The molecule has 0 bridgehead atoms. The summed E-state index contributed by atoms with van der Waals surface area (Å²) < 4.78 is 5.39. The molecule has 3 amide bonds. The maximum Gasteiger partial charge on any atom is 0.408 e. The highest BCUT2D eigenvalue weighted by molar-refractivity contribution is 6.00. The molecule has 3 aromatic rings. The number of fused-ring (bicyclic) bond motifs is 1. The van der Waals surface area contributed by atoms with Crippen molar-refractivity contribution in [2.24, 2.45) is 0 Å². The normalized spacial score (nSPS) is 12.9. The van der Waals surface area contributed by atoms with E-state index in [1.165, 1.54) is 0 Å². The van der Waals surface area contributed by atoms with Gasteiger partial charge in [0.15, 0.2) is 0 Å². The van der Waals surface area contributed by atoms with Crippen molar-refractivity contribution in [2.45, 2.75) is 91.8 Å².